The number of hydrogen-bond donors (Lipinski definition) is 0. The summed E-state index contributed by atoms with van der Waals surface area (Å²) in [6, 6.07) is 0. The van der Waals surface area contributed by atoms with Gasteiger partial charge >= 0.3 is 0 Å². The van der Waals surface area contributed by atoms with Gasteiger partial charge in [0.2, 0.25) is 0 Å². The summed E-state index contributed by atoms with van der Waals surface area (Å²) in [7, 11) is 0. The van der Waals surface area contributed by atoms with E-state index in [1.165, 1.54) is 0 Å². The minimum Gasteiger partial charge on any atom is -0.333 e. The maximum Gasteiger partial charge on any atom is 0.289 e. The highest BCUT2D eigenvalue weighted by Gasteiger charge is 2.16. The predicted molar refractivity (Wildman–Crippen MR) is 30.5 cm³/mol. The highest BCUT2D eigenvalue weighted by molar-refractivity contribution is 9.18. The van der Waals surface area contributed by atoms with Crippen molar-refractivity contribution in [3.63, 3.8) is 0 Å². The molecule has 1 saturated heterocycles. The lowest BCUT2D eigenvalue weighted by Crippen LogP contribution is -2.38. The van der Waals surface area contributed by atoms with Gasteiger partial charge in [-0.15, -0.1) is 0 Å². The Morgan fingerprint density at radius 3 is 2.14 bits per heavy atom. The molecule has 2 nitrogen and oxygen atoms in total. The fraction of sp³-hybridized carbons (Fsp3) is 0.750. The van der Waals surface area contributed by atoms with Crippen LogP contribution in [0.2, 0.25) is 0 Å². The van der Waals surface area contributed by atoms with Gasteiger partial charge < -0.3 is 4.90 Å². The van der Waals surface area contributed by atoms with Gasteiger partial charge in [-0.25, -0.2) is 0 Å². The summed E-state index contributed by atoms with van der Waals surface area (Å²) in [4.78, 5) is 12.0. The Bertz CT molecular complexity index is 89.7. The van der Waals surface area contributed by atoms with Gasteiger partial charge in [-0.1, -0.05) is 0 Å². The third kappa shape index (κ3) is 0.938. The molecule has 1 amide bonds. The Morgan fingerprint density at radius 2 is 2.14 bits per heavy atom. The second kappa shape index (κ2) is 1.82. The Hall–Kier alpha value is -0.0500. The van der Waals surface area contributed by atoms with Crippen LogP contribution in [0.1, 0.15) is 6.42 Å². The lowest BCUT2D eigenvalue weighted by molar-refractivity contribution is 0.194. The molecule has 0 atom stereocenters. The lowest BCUT2D eigenvalue weighted by atomic mass is 10.2. The number of hydrogen-bond acceptors (Lipinski definition) is 1. The van der Waals surface area contributed by atoms with Crippen LogP contribution in [0.15, 0.2) is 0 Å². The maximum atomic E-state index is 10.3. The van der Waals surface area contributed by atoms with E-state index in [2.05, 4.69) is 15.9 Å². The van der Waals surface area contributed by atoms with Crippen molar-refractivity contribution in [3.8, 4) is 0 Å². The van der Waals surface area contributed by atoms with E-state index >= 15 is 0 Å². The van der Waals surface area contributed by atoms with Crippen molar-refractivity contribution in [1.82, 2.24) is 4.90 Å². The highest BCUT2D eigenvalue weighted by Crippen LogP contribution is 2.09. The summed E-state index contributed by atoms with van der Waals surface area (Å²) in [5.74, 6) is 0. The Labute approximate surface area is 50.6 Å². The average Bonchev–Trinajstić information content (AvgIpc) is 1.23. The van der Waals surface area contributed by atoms with Gasteiger partial charge in [0.1, 0.15) is 0 Å². The molecule has 0 aromatic heterocycles. The molecule has 1 heterocycles. The van der Waals surface area contributed by atoms with Crippen molar-refractivity contribution in [2.75, 3.05) is 13.1 Å². The van der Waals surface area contributed by atoms with Crippen molar-refractivity contribution in [2.45, 2.75) is 6.42 Å². The van der Waals surface area contributed by atoms with Gasteiger partial charge in [0, 0.05) is 29.0 Å². The second-order valence-electron chi connectivity index (χ2n) is 1.59. The topological polar surface area (TPSA) is 20.3 Å². The van der Waals surface area contributed by atoms with Crippen LogP contribution in [0.3, 0.4) is 0 Å². The molecule has 0 radical (unpaired) electrons. The van der Waals surface area contributed by atoms with Crippen LogP contribution in [0.25, 0.3) is 0 Å². The minimum absolute atomic E-state index is 0.0266. The summed E-state index contributed by atoms with van der Waals surface area (Å²) in [5.41, 5.74) is 0. The normalized spacial score (nSPS) is 18.7. The first-order chi connectivity index (χ1) is 3.30. The molecule has 0 saturated carbocycles. The summed E-state index contributed by atoms with van der Waals surface area (Å²) in [6.07, 6.45) is 1.16. The highest BCUT2D eigenvalue weighted by atomic mass is 79.9. The molecule has 0 bridgehead atoms. The van der Waals surface area contributed by atoms with E-state index in [0.29, 0.717) is 0 Å². The monoisotopic (exact) mass is 163 g/mol. The molecule has 3 heteroatoms. The first-order valence-corrected chi connectivity index (χ1v) is 3.04. The van der Waals surface area contributed by atoms with E-state index < -0.39 is 0 Å². The smallest absolute Gasteiger partial charge is 0.289 e. The van der Waals surface area contributed by atoms with Crippen molar-refractivity contribution < 1.29 is 4.79 Å². The van der Waals surface area contributed by atoms with E-state index in [-0.39, 0.29) is 4.82 Å². The third-order valence-electron chi connectivity index (χ3n) is 1.10. The molecule has 0 aliphatic carbocycles. The van der Waals surface area contributed by atoms with Crippen molar-refractivity contribution >= 4 is 20.7 Å². The lowest BCUT2D eigenvalue weighted by Gasteiger charge is -2.28. The first kappa shape index (κ1) is 5.09. The number of halogens is 1. The van der Waals surface area contributed by atoms with Crippen LogP contribution >= 0.6 is 15.9 Å². The zero-order valence-corrected chi connectivity index (χ0v) is 5.44. The summed E-state index contributed by atoms with van der Waals surface area (Å²) in [6.45, 7) is 1.87. The Morgan fingerprint density at radius 1 is 1.57 bits per heavy atom. The Balaban J connectivity index is 2.27. The fourth-order valence-electron chi connectivity index (χ4n) is 0.492. The molecular weight excluding hydrogens is 158 g/mol. The molecule has 7 heavy (non-hydrogen) atoms. The van der Waals surface area contributed by atoms with Crippen molar-refractivity contribution in [3.05, 3.63) is 0 Å². The van der Waals surface area contributed by atoms with E-state index in [4.69, 9.17) is 0 Å². The summed E-state index contributed by atoms with van der Waals surface area (Å²) < 4.78 is 0. The SMILES string of the molecule is O=C(Br)N1CCC1. The molecule has 0 N–H and O–H groups in total. The number of nitrogens with zero attached hydrogens (tertiary/aromatic N) is 1. The number of carbonyl (C=O) groups is 1. The van der Waals surface area contributed by atoms with Crippen molar-refractivity contribution in [2.24, 2.45) is 0 Å². The van der Waals surface area contributed by atoms with Crippen LogP contribution in [0.4, 0.5) is 4.79 Å². The van der Waals surface area contributed by atoms with E-state index in [0.717, 1.165) is 19.5 Å². The van der Waals surface area contributed by atoms with Crippen LogP contribution in [0.5, 0.6) is 0 Å². The second-order valence-corrected chi connectivity index (χ2v) is 2.27. The third-order valence-corrected chi connectivity index (χ3v) is 1.61. The standard InChI is InChI=1S/C4H6BrNO/c5-4(7)6-2-1-3-6/h1-3H2. The molecule has 0 spiro atoms. The van der Waals surface area contributed by atoms with Crippen LogP contribution < -0.4 is 0 Å². The van der Waals surface area contributed by atoms with Crippen LogP contribution in [-0.2, 0) is 0 Å². The molecule has 1 fully saturated rings. The quantitative estimate of drug-likeness (QED) is 0.389. The minimum atomic E-state index is 0.0266. The number of carbonyl (C=O) groups excluding carboxylic acids is 1. The van der Waals surface area contributed by atoms with E-state index in [9.17, 15) is 4.79 Å². The molecule has 1 rings (SSSR count). The molecule has 1 aliphatic heterocycles. The Kier molecular flexibility index (Phi) is 1.32. The van der Waals surface area contributed by atoms with Crippen LogP contribution in [0, 0.1) is 0 Å². The van der Waals surface area contributed by atoms with Gasteiger partial charge in [0.05, 0.1) is 0 Å². The molecule has 1 aliphatic rings. The van der Waals surface area contributed by atoms with Gasteiger partial charge in [0.25, 0.3) is 4.82 Å². The fourth-order valence-corrected chi connectivity index (χ4v) is 0.847. The van der Waals surface area contributed by atoms with Crippen molar-refractivity contribution in [1.29, 1.82) is 0 Å². The molecular formula is C4H6BrNO. The van der Waals surface area contributed by atoms with Gasteiger partial charge in [-0.05, 0) is 6.42 Å². The summed E-state index contributed by atoms with van der Waals surface area (Å²) in [5, 5.41) is 0. The first-order valence-electron chi connectivity index (χ1n) is 2.25. The number of likely N-dealkylation sites (tertiary alicyclic amines) is 1. The largest absolute Gasteiger partial charge is 0.333 e. The van der Waals surface area contributed by atoms with Gasteiger partial charge in [0.15, 0.2) is 0 Å². The van der Waals surface area contributed by atoms with E-state index in [1.807, 2.05) is 0 Å². The number of rotatable bonds is 0. The molecule has 0 unspecified atom stereocenters. The predicted octanol–water partition coefficient (Wildman–Crippen LogP) is 1.21. The molecule has 0 aromatic carbocycles. The summed E-state index contributed by atoms with van der Waals surface area (Å²) >= 11 is 2.84. The van der Waals surface area contributed by atoms with E-state index in [1.54, 1.807) is 4.90 Å². The maximum absolute atomic E-state index is 10.3. The zero-order chi connectivity index (χ0) is 5.28. The van der Waals surface area contributed by atoms with Gasteiger partial charge in [-0.2, -0.15) is 0 Å². The average molecular weight is 164 g/mol. The molecule has 0 aromatic rings. The zero-order valence-electron chi connectivity index (χ0n) is 3.85. The van der Waals surface area contributed by atoms with Crippen LogP contribution in [-0.4, -0.2) is 22.8 Å². The van der Waals surface area contributed by atoms with Gasteiger partial charge in [-0.3, -0.25) is 4.79 Å². The number of amides is 1. The molecule has 40 valence electrons.